The lowest BCUT2D eigenvalue weighted by atomic mass is 9.91. The monoisotopic (exact) mass is 359 g/mol. The van der Waals surface area contributed by atoms with E-state index in [0.717, 1.165) is 17.7 Å². The Morgan fingerprint density at radius 1 is 1.24 bits per heavy atom. The molecular weight excluding hydrogens is 334 g/mol. The molecule has 0 spiro atoms. The molecule has 0 radical (unpaired) electrons. The molecule has 4 nitrogen and oxygen atoms in total. The fraction of sp³-hybridized carbons (Fsp3) is 0.400. The molecule has 0 aliphatic heterocycles. The van der Waals surface area contributed by atoms with Crippen LogP contribution < -0.4 is 19.5 Å². The van der Waals surface area contributed by atoms with Crippen LogP contribution in [0.5, 0.6) is 5.75 Å². The van der Waals surface area contributed by atoms with Crippen LogP contribution in [0.3, 0.4) is 0 Å². The van der Waals surface area contributed by atoms with Crippen molar-refractivity contribution in [2.75, 3.05) is 6.61 Å². The molecule has 0 bridgehead atoms. The summed E-state index contributed by atoms with van der Waals surface area (Å²) in [5.41, 5.74) is 0.374. The predicted octanol–water partition coefficient (Wildman–Crippen LogP) is 2.46. The first kappa shape index (κ1) is 19.2. The van der Waals surface area contributed by atoms with Crippen molar-refractivity contribution in [2.45, 2.75) is 34.1 Å². The van der Waals surface area contributed by atoms with E-state index in [1.165, 1.54) is 15.9 Å². The maximum atomic E-state index is 12.4. The summed E-state index contributed by atoms with van der Waals surface area (Å²) in [4.78, 5) is 24.6. The Hall–Kier alpha value is -2.14. The van der Waals surface area contributed by atoms with E-state index in [0.29, 0.717) is 15.8 Å². The first-order valence-electron chi connectivity index (χ1n) is 8.39. The third kappa shape index (κ3) is 4.92. The Morgan fingerprint density at radius 2 is 1.88 bits per heavy atom. The number of ketones is 1. The van der Waals surface area contributed by atoms with Crippen LogP contribution in [0.2, 0.25) is 0 Å². The molecular formula is C20H25NO3S. The van der Waals surface area contributed by atoms with Gasteiger partial charge in [-0.15, -0.1) is 11.3 Å². The molecule has 134 valence electrons. The second-order valence-electron chi connectivity index (χ2n) is 6.99. The average molecular weight is 359 g/mol. The van der Waals surface area contributed by atoms with E-state index in [1.54, 1.807) is 13.1 Å². The van der Waals surface area contributed by atoms with Gasteiger partial charge < -0.3 is 9.30 Å². The van der Waals surface area contributed by atoms with Crippen LogP contribution in [0, 0.1) is 5.41 Å². The lowest BCUT2D eigenvalue weighted by Crippen LogP contribution is -2.30. The van der Waals surface area contributed by atoms with Gasteiger partial charge in [-0.1, -0.05) is 39.8 Å². The van der Waals surface area contributed by atoms with Gasteiger partial charge in [0.15, 0.2) is 5.78 Å². The molecule has 0 aliphatic rings. The fourth-order valence-corrected chi connectivity index (χ4v) is 3.10. The molecule has 0 N–H and O–H groups in total. The van der Waals surface area contributed by atoms with Gasteiger partial charge in [0, 0.05) is 18.5 Å². The number of thiazole rings is 1. The Morgan fingerprint density at radius 3 is 2.44 bits per heavy atom. The maximum Gasteiger partial charge on any atom is 0.268 e. The van der Waals surface area contributed by atoms with E-state index >= 15 is 0 Å². The molecule has 0 saturated heterocycles. The zero-order chi connectivity index (χ0) is 18.6. The normalized spacial score (nSPS) is 13.3. The summed E-state index contributed by atoms with van der Waals surface area (Å²) < 4.78 is 8.36. The smallest absolute Gasteiger partial charge is 0.268 e. The fourth-order valence-electron chi connectivity index (χ4n) is 2.07. The number of ether oxygens (including phenoxy) is 1. The second-order valence-corrected chi connectivity index (χ2v) is 8.05. The molecule has 5 heteroatoms. The molecule has 25 heavy (non-hydrogen) atoms. The summed E-state index contributed by atoms with van der Waals surface area (Å²) in [6, 6.07) is 7.65. The first-order chi connectivity index (χ1) is 11.7. The van der Waals surface area contributed by atoms with Crippen molar-refractivity contribution < 1.29 is 9.53 Å². The molecule has 0 atom stereocenters. The van der Waals surface area contributed by atoms with Gasteiger partial charge in [-0.2, -0.15) is 0 Å². The van der Waals surface area contributed by atoms with Gasteiger partial charge in [0.05, 0.1) is 11.1 Å². The number of nitrogens with zero attached hydrogens (tertiary/aromatic N) is 1. The van der Waals surface area contributed by atoms with Gasteiger partial charge in [-0.3, -0.25) is 9.59 Å². The van der Waals surface area contributed by atoms with Gasteiger partial charge in [0.1, 0.15) is 10.4 Å². The van der Waals surface area contributed by atoms with Crippen LogP contribution in [-0.4, -0.2) is 17.0 Å². The third-order valence-electron chi connectivity index (χ3n) is 3.71. The zero-order valence-electron chi connectivity index (χ0n) is 15.5. The van der Waals surface area contributed by atoms with Gasteiger partial charge >= 0.3 is 0 Å². The summed E-state index contributed by atoms with van der Waals surface area (Å²) in [6.45, 7) is 8.36. The minimum atomic E-state index is -0.460. The summed E-state index contributed by atoms with van der Waals surface area (Å²) in [5.74, 6) is 0.830. The van der Waals surface area contributed by atoms with E-state index in [-0.39, 0.29) is 11.3 Å². The van der Waals surface area contributed by atoms with Crippen molar-refractivity contribution in [3.63, 3.8) is 0 Å². The van der Waals surface area contributed by atoms with Crippen LogP contribution >= 0.6 is 11.3 Å². The average Bonchev–Trinajstić information content (AvgIpc) is 2.81. The van der Waals surface area contributed by atoms with Gasteiger partial charge in [0.2, 0.25) is 0 Å². The van der Waals surface area contributed by atoms with E-state index in [1.807, 2.05) is 51.1 Å². The number of carbonyl (C=O) groups excluding carboxylic acids is 1. The van der Waals surface area contributed by atoms with Gasteiger partial charge in [0.25, 0.3) is 5.56 Å². The summed E-state index contributed by atoms with van der Waals surface area (Å²) >= 11 is 1.33. The molecule has 1 heterocycles. The van der Waals surface area contributed by atoms with E-state index in [2.05, 4.69) is 6.92 Å². The Bertz CT molecular complexity index is 912. The maximum absolute atomic E-state index is 12.4. The van der Waals surface area contributed by atoms with Crippen molar-refractivity contribution in [1.29, 1.82) is 0 Å². The Balaban J connectivity index is 2.39. The number of hydrogen-bond donors (Lipinski definition) is 0. The molecule has 0 amide bonds. The minimum absolute atomic E-state index is 0.00771. The zero-order valence-corrected chi connectivity index (χ0v) is 16.3. The molecule has 0 aliphatic carbocycles. The van der Waals surface area contributed by atoms with E-state index in [9.17, 15) is 9.59 Å². The second kappa shape index (κ2) is 7.83. The highest BCUT2D eigenvalue weighted by Gasteiger charge is 2.19. The van der Waals surface area contributed by atoms with E-state index < -0.39 is 5.41 Å². The van der Waals surface area contributed by atoms with Crippen molar-refractivity contribution in [2.24, 2.45) is 12.5 Å². The van der Waals surface area contributed by atoms with Crippen LogP contribution in [-0.2, 0) is 11.8 Å². The number of hydrogen-bond acceptors (Lipinski definition) is 4. The predicted molar refractivity (Wildman–Crippen MR) is 104 cm³/mol. The van der Waals surface area contributed by atoms with Crippen molar-refractivity contribution >= 4 is 29.3 Å². The molecule has 2 rings (SSSR count). The Kier molecular flexibility index (Phi) is 6.01. The van der Waals surface area contributed by atoms with Crippen LogP contribution in [0.4, 0.5) is 0 Å². The first-order valence-corrected chi connectivity index (χ1v) is 9.20. The van der Waals surface area contributed by atoms with Gasteiger partial charge in [-0.25, -0.2) is 0 Å². The van der Waals surface area contributed by atoms with Crippen molar-refractivity contribution in [3.05, 3.63) is 49.4 Å². The summed E-state index contributed by atoms with van der Waals surface area (Å²) in [7, 11) is 1.69. The Labute approximate surface area is 152 Å². The van der Waals surface area contributed by atoms with Crippen LogP contribution in [0.1, 0.15) is 39.7 Å². The number of benzene rings is 1. The highest BCUT2D eigenvalue weighted by molar-refractivity contribution is 7.07. The number of Topliss-reactive ketones (excluding diaryl/α,β-unsaturated/α-hetero) is 1. The molecule has 0 fully saturated rings. The number of carbonyl (C=O) groups is 1. The number of aromatic nitrogens is 1. The standard InChI is InChI=1S/C20H25NO3S/c1-6-11-24-15-9-7-14(8-10-15)12-16-19(23)21(5)18(25-16)13-17(22)20(2,3)4/h7-10,12-13H,6,11H2,1-5H3/b16-12-,18-13-. The number of rotatable bonds is 5. The van der Waals surface area contributed by atoms with Crippen LogP contribution in [0.25, 0.3) is 12.2 Å². The lowest BCUT2D eigenvalue weighted by Gasteiger charge is -2.12. The summed E-state index contributed by atoms with van der Waals surface area (Å²) in [6.07, 6.45) is 4.37. The summed E-state index contributed by atoms with van der Waals surface area (Å²) in [5, 5.41) is 0. The highest BCUT2D eigenvalue weighted by Crippen LogP contribution is 2.15. The lowest BCUT2D eigenvalue weighted by molar-refractivity contribution is -0.120. The molecule has 0 saturated carbocycles. The van der Waals surface area contributed by atoms with Gasteiger partial charge in [-0.05, 0) is 30.2 Å². The van der Waals surface area contributed by atoms with Crippen LogP contribution in [0.15, 0.2) is 29.1 Å². The largest absolute Gasteiger partial charge is 0.494 e. The molecule has 0 unspecified atom stereocenters. The highest BCUT2D eigenvalue weighted by atomic mass is 32.1. The van der Waals surface area contributed by atoms with E-state index in [4.69, 9.17) is 4.74 Å². The topological polar surface area (TPSA) is 48.3 Å². The van der Waals surface area contributed by atoms with Crippen molar-refractivity contribution in [3.8, 4) is 5.75 Å². The third-order valence-corrected chi connectivity index (χ3v) is 4.82. The van der Waals surface area contributed by atoms with Crippen molar-refractivity contribution in [1.82, 2.24) is 4.57 Å². The minimum Gasteiger partial charge on any atom is -0.494 e. The quantitative estimate of drug-likeness (QED) is 0.824. The molecule has 1 aromatic heterocycles. The SMILES string of the molecule is CCCOc1ccc(/C=c2\s/c(=C\C(=O)C(C)(C)C)n(C)c2=O)cc1. The molecule has 1 aromatic carbocycles. The molecule has 2 aromatic rings.